The van der Waals surface area contributed by atoms with E-state index in [9.17, 15) is 9.59 Å². The predicted molar refractivity (Wildman–Crippen MR) is 67.2 cm³/mol. The van der Waals surface area contributed by atoms with Gasteiger partial charge in [-0.15, -0.1) is 11.3 Å². The maximum absolute atomic E-state index is 11.6. The van der Waals surface area contributed by atoms with Gasteiger partial charge in [0.1, 0.15) is 0 Å². The molecule has 98 valence electrons. The maximum Gasteiger partial charge on any atom is 0.407 e. The van der Waals surface area contributed by atoms with Gasteiger partial charge in [-0.25, -0.2) is 9.59 Å². The molecular weight excluding hydrogens is 254 g/mol. The molecule has 18 heavy (non-hydrogen) atoms. The molecule has 2 heterocycles. The van der Waals surface area contributed by atoms with Crippen LogP contribution in [0.3, 0.4) is 0 Å². The molecule has 1 fully saturated rings. The van der Waals surface area contributed by atoms with Gasteiger partial charge in [0.25, 0.3) is 0 Å². The van der Waals surface area contributed by atoms with Gasteiger partial charge in [0.15, 0.2) is 0 Å². The predicted octanol–water partition coefficient (Wildman–Crippen LogP) is 2.39. The van der Waals surface area contributed by atoms with E-state index in [0.717, 1.165) is 17.7 Å². The average molecular weight is 269 g/mol. The van der Waals surface area contributed by atoms with Crippen LogP contribution in [0.5, 0.6) is 0 Å². The fourth-order valence-corrected chi connectivity index (χ4v) is 3.31. The number of esters is 1. The van der Waals surface area contributed by atoms with Crippen LogP contribution >= 0.6 is 11.3 Å². The van der Waals surface area contributed by atoms with E-state index in [1.165, 1.54) is 12.0 Å². The number of ether oxygens (including phenoxy) is 1. The van der Waals surface area contributed by atoms with Crippen LogP contribution in [-0.4, -0.2) is 42.3 Å². The fourth-order valence-electron chi connectivity index (χ4n) is 2.25. The number of hydrogen-bond donors (Lipinski definition) is 1. The Balaban J connectivity index is 2.08. The Labute approximate surface area is 109 Å². The first-order valence-electron chi connectivity index (χ1n) is 5.77. The average Bonchev–Trinajstić information content (AvgIpc) is 2.87. The largest absolute Gasteiger partial charge is 0.465 e. The Morgan fingerprint density at radius 3 is 2.67 bits per heavy atom. The molecule has 5 nitrogen and oxygen atoms in total. The highest BCUT2D eigenvalue weighted by atomic mass is 32.1. The topological polar surface area (TPSA) is 66.8 Å². The molecule has 1 aliphatic rings. The van der Waals surface area contributed by atoms with Gasteiger partial charge in [-0.2, -0.15) is 0 Å². The number of carboxylic acid groups (broad SMARTS) is 1. The molecule has 1 amide bonds. The third-order valence-corrected chi connectivity index (χ3v) is 4.32. The van der Waals surface area contributed by atoms with E-state index in [2.05, 4.69) is 0 Å². The first-order valence-corrected chi connectivity index (χ1v) is 6.65. The highest BCUT2D eigenvalue weighted by Gasteiger charge is 2.27. The summed E-state index contributed by atoms with van der Waals surface area (Å²) in [6.45, 7) is 1.05. The van der Waals surface area contributed by atoms with Crippen molar-refractivity contribution in [2.24, 2.45) is 0 Å². The van der Waals surface area contributed by atoms with Gasteiger partial charge in [0.05, 0.1) is 12.7 Å². The second-order valence-electron chi connectivity index (χ2n) is 4.23. The van der Waals surface area contributed by atoms with Crippen molar-refractivity contribution in [1.29, 1.82) is 0 Å². The van der Waals surface area contributed by atoms with Crippen molar-refractivity contribution < 1.29 is 19.4 Å². The molecule has 1 saturated heterocycles. The number of likely N-dealkylation sites (tertiary alicyclic amines) is 1. The third kappa shape index (κ3) is 2.48. The summed E-state index contributed by atoms with van der Waals surface area (Å²) in [4.78, 5) is 24.9. The summed E-state index contributed by atoms with van der Waals surface area (Å²) in [5.74, 6) is -0.0541. The van der Waals surface area contributed by atoms with E-state index in [0.29, 0.717) is 18.7 Å². The second kappa shape index (κ2) is 5.39. The zero-order valence-corrected chi connectivity index (χ0v) is 10.9. The molecule has 0 aliphatic carbocycles. The number of thiophene rings is 1. The van der Waals surface area contributed by atoms with Crippen LogP contribution in [0.15, 0.2) is 11.4 Å². The molecule has 1 aromatic rings. The zero-order chi connectivity index (χ0) is 13.1. The maximum atomic E-state index is 11.6. The number of amides is 1. The van der Waals surface area contributed by atoms with Crippen molar-refractivity contribution >= 4 is 23.4 Å². The van der Waals surface area contributed by atoms with E-state index in [4.69, 9.17) is 9.84 Å². The van der Waals surface area contributed by atoms with Gasteiger partial charge in [-0.05, 0) is 30.2 Å². The summed E-state index contributed by atoms with van der Waals surface area (Å²) in [6, 6.07) is 1.77. The van der Waals surface area contributed by atoms with Crippen LogP contribution in [0.25, 0.3) is 0 Å². The number of nitrogens with zero attached hydrogens (tertiary/aromatic N) is 1. The summed E-state index contributed by atoms with van der Waals surface area (Å²) in [7, 11) is 1.37. The molecule has 1 N–H and O–H groups in total. The van der Waals surface area contributed by atoms with Gasteiger partial charge in [0.2, 0.25) is 0 Å². The third-order valence-electron chi connectivity index (χ3n) is 3.24. The number of hydrogen-bond acceptors (Lipinski definition) is 4. The molecule has 2 rings (SSSR count). The second-order valence-corrected chi connectivity index (χ2v) is 5.18. The summed E-state index contributed by atoms with van der Waals surface area (Å²) in [6.07, 6.45) is 0.654. The Hall–Kier alpha value is -1.56. The minimum absolute atomic E-state index is 0.259. The summed E-state index contributed by atoms with van der Waals surface area (Å²) in [5, 5.41) is 10.8. The molecule has 1 aromatic heterocycles. The highest BCUT2D eigenvalue weighted by molar-refractivity contribution is 7.10. The van der Waals surface area contributed by atoms with Crippen LogP contribution < -0.4 is 0 Å². The Bertz CT molecular complexity index is 449. The van der Waals surface area contributed by atoms with Crippen LogP contribution in [0.1, 0.15) is 34.0 Å². The van der Waals surface area contributed by atoms with E-state index < -0.39 is 6.09 Å². The molecule has 0 atom stereocenters. The van der Waals surface area contributed by atoms with E-state index >= 15 is 0 Å². The van der Waals surface area contributed by atoms with Crippen LogP contribution in [-0.2, 0) is 4.74 Å². The fraction of sp³-hybridized carbons (Fsp3) is 0.500. The smallest absolute Gasteiger partial charge is 0.407 e. The number of methoxy groups -OCH3 is 1. The molecule has 0 unspecified atom stereocenters. The normalized spacial score (nSPS) is 16.6. The molecule has 6 heteroatoms. The number of carbonyl (C=O) groups excluding carboxylic acids is 1. The van der Waals surface area contributed by atoms with Gasteiger partial charge < -0.3 is 14.7 Å². The molecule has 0 spiro atoms. The first-order chi connectivity index (χ1) is 8.63. The molecule has 0 saturated carbocycles. The van der Waals surface area contributed by atoms with Crippen molar-refractivity contribution in [3.05, 3.63) is 21.9 Å². The van der Waals surface area contributed by atoms with Crippen molar-refractivity contribution in [2.75, 3.05) is 20.2 Å². The molecule has 1 aliphatic heterocycles. The number of rotatable bonds is 2. The van der Waals surface area contributed by atoms with Gasteiger partial charge in [-0.3, -0.25) is 0 Å². The van der Waals surface area contributed by atoms with E-state index in [1.807, 2.05) is 5.38 Å². The standard InChI is InChI=1S/C12H15NO4S/c1-17-11(14)9-4-7-18-10(9)8-2-5-13(6-3-8)12(15)16/h4,7-8H,2-3,5-6H2,1H3,(H,15,16). The van der Waals surface area contributed by atoms with Crippen molar-refractivity contribution in [2.45, 2.75) is 18.8 Å². The van der Waals surface area contributed by atoms with Crippen LogP contribution in [0.2, 0.25) is 0 Å². The van der Waals surface area contributed by atoms with Crippen molar-refractivity contribution in [3.63, 3.8) is 0 Å². The van der Waals surface area contributed by atoms with E-state index in [1.54, 1.807) is 17.4 Å². The van der Waals surface area contributed by atoms with E-state index in [-0.39, 0.29) is 11.9 Å². The molecule has 0 radical (unpaired) electrons. The molecular formula is C12H15NO4S. The van der Waals surface area contributed by atoms with Crippen molar-refractivity contribution in [3.8, 4) is 0 Å². The number of carbonyl (C=O) groups is 2. The highest BCUT2D eigenvalue weighted by Crippen LogP contribution is 2.34. The Kier molecular flexibility index (Phi) is 3.86. The zero-order valence-electron chi connectivity index (χ0n) is 10.1. The van der Waals surface area contributed by atoms with Crippen LogP contribution in [0, 0.1) is 0 Å². The monoisotopic (exact) mass is 269 g/mol. The molecule has 0 bridgehead atoms. The summed E-state index contributed by atoms with van der Waals surface area (Å²) < 4.78 is 4.75. The van der Waals surface area contributed by atoms with Gasteiger partial charge in [0, 0.05) is 18.0 Å². The summed E-state index contributed by atoms with van der Waals surface area (Å²) in [5.41, 5.74) is 0.622. The lowest BCUT2D eigenvalue weighted by Gasteiger charge is -2.29. The van der Waals surface area contributed by atoms with Gasteiger partial charge >= 0.3 is 12.1 Å². The van der Waals surface area contributed by atoms with Crippen LogP contribution in [0.4, 0.5) is 4.79 Å². The first kappa shape index (κ1) is 12.9. The minimum atomic E-state index is -0.868. The van der Waals surface area contributed by atoms with Gasteiger partial charge in [-0.1, -0.05) is 0 Å². The lowest BCUT2D eigenvalue weighted by atomic mass is 9.93. The SMILES string of the molecule is COC(=O)c1ccsc1C1CCN(C(=O)O)CC1. The number of piperidine rings is 1. The Morgan fingerprint density at radius 2 is 2.11 bits per heavy atom. The lowest BCUT2D eigenvalue weighted by molar-refractivity contribution is 0.0598. The summed E-state index contributed by atoms with van der Waals surface area (Å²) >= 11 is 1.54. The lowest BCUT2D eigenvalue weighted by Crippen LogP contribution is -2.36. The quantitative estimate of drug-likeness (QED) is 0.837. The van der Waals surface area contributed by atoms with Crippen molar-refractivity contribution in [1.82, 2.24) is 4.90 Å². The minimum Gasteiger partial charge on any atom is -0.465 e. The Morgan fingerprint density at radius 1 is 1.44 bits per heavy atom. The molecule has 0 aromatic carbocycles.